The third-order valence-electron chi connectivity index (χ3n) is 2.46. The minimum Gasteiger partial charge on any atom is -0.333 e. The second kappa shape index (κ2) is 4.13. The summed E-state index contributed by atoms with van der Waals surface area (Å²) in [7, 11) is 0. The van der Waals surface area contributed by atoms with E-state index < -0.39 is 0 Å². The van der Waals surface area contributed by atoms with E-state index >= 15 is 0 Å². The Bertz CT molecular complexity index is 434. The monoisotopic (exact) mass is 252 g/mol. The van der Waals surface area contributed by atoms with Gasteiger partial charge in [0.1, 0.15) is 5.65 Å². The molecule has 0 unspecified atom stereocenters. The van der Waals surface area contributed by atoms with Crippen molar-refractivity contribution in [1.29, 1.82) is 0 Å². The van der Waals surface area contributed by atoms with Crippen LogP contribution in [0.4, 0.5) is 0 Å². The molecule has 74 valence electrons. The number of fused-ring (bicyclic) bond motifs is 1. The summed E-state index contributed by atoms with van der Waals surface area (Å²) < 4.78 is 2.17. The number of pyridine rings is 1. The first kappa shape index (κ1) is 9.71. The molecule has 0 atom stereocenters. The van der Waals surface area contributed by atoms with Crippen molar-refractivity contribution in [2.45, 2.75) is 19.9 Å². The first-order valence-electron chi connectivity index (χ1n) is 4.85. The molecule has 0 saturated heterocycles. The predicted molar refractivity (Wildman–Crippen MR) is 62.9 cm³/mol. The lowest BCUT2D eigenvalue weighted by Gasteiger charge is -2.02. The molecule has 0 bridgehead atoms. The van der Waals surface area contributed by atoms with Gasteiger partial charge in [0.05, 0.1) is 0 Å². The fourth-order valence-corrected chi connectivity index (χ4v) is 2.15. The highest BCUT2D eigenvalue weighted by Crippen LogP contribution is 2.18. The number of aromatic nitrogens is 2. The van der Waals surface area contributed by atoms with Gasteiger partial charge >= 0.3 is 0 Å². The van der Waals surface area contributed by atoms with Crippen molar-refractivity contribution in [3.05, 3.63) is 30.1 Å². The van der Waals surface area contributed by atoms with Crippen LogP contribution in [0.15, 0.2) is 24.5 Å². The van der Waals surface area contributed by atoms with Gasteiger partial charge in [-0.05, 0) is 31.0 Å². The lowest BCUT2D eigenvalue weighted by Crippen LogP contribution is -1.94. The summed E-state index contributed by atoms with van der Waals surface area (Å²) in [5.41, 5.74) is 2.48. The van der Waals surface area contributed by atoms with Crippen molar-refractivity contribution in [1.82, 2.24) is 9.55 Å². The van der Waals surface area contributed by atoms with E-state index in [-0.39, 0.29) is 0 Å². The van der Waals surface area contributed by atoms with Gasteiger partial charge in [-0.2, -0.15) is 0 Å². The molecule has 0 aliphatic rings. The smallest absolute Gasteiger partial charge is 0.140 e. The molecule has 0 saturated carbocycles. The van der Waals surface area contributed by atoms with E-state index in [1.54, 1.807) is 0 Å². The third-order valence-corrected chi connectivity index (χ3v) is 2.85. The van der Waals surface area contributed by atoms with Gasteiger partial charge in [0.2, 0.25) is 0 Å². The number of aryl methyl sites for hydroxylation is 2. The van der Waals surface area contributed by atoms with E-state index in [0.717, 1.165) is 23.9 Å². The molecular formula is C11H13BrN2. The number of hydrogen-bond acceptors (Lipinski definition) is 1. The van der Waals surface area contributed by atoms with Crippen LogP contribution in [0, 0.1) is 0 Å². The number of nitrogens with zero attached hydrogens (tertiary/aromatic N) is 2. The third kappa shape index (κ3) is 1.57. The Labute approximate surface area is 92.1 Å². The van der Waals surface area contributed by atoms with Crippen molar-refractivity contribution in [2.75, 3.05) is 5.33 Å². The molecule has 0 radical (unpaired) electrons. The molecule has 0 amide bonds. The van der Waals surface area contributed by atoms with Crippen LogP contribution in [-0.2, 0) is 13.0 Å². The Morgan fingerprint density at radius 3 is 3.00 bits per heavy atom. The molecular weight excluding hydrogens is 240 g/mol. The highest BCUT2D eigenvalue weighted by molar-refractivity contribution is 9.09. The number of rotatable bonds is 3. The van der Waals surface area contributed by atoms with Gasteiger partial charge in [-0.25, -0.2) is 4.98 Å². The van der Waals surface area contributed by atoms with Crippen LogP contribution in [-0.4, -0.2) is 14.9 Å². The van der Waals surface area contributed by atoms with E-state index in [1.165, 1.54) is 10.9 Å². The van der Waals surface area contributed by atoms with Gasteiger partial charge in [-0.15, -0.1) is 0 Å². The first-order valence-corrected chi connectivity index (χ1v) is 5.97. The molecule has 0 aliphatic carbocycles. The Morgan fingerprint density at radius 1 is 1.43 bits per heavy atom. The summed E-state index contributed by atoms with van der Waals surface area (Å²) in [5, 5.41) is 2.29. The summed E-state index contributed by atoms with van der Waals surface area (Å²) in [6.45, 7) is 3.12. The second-order valence-electron chi connectivity index (χ2n) is 3.25. The van der Waals surface area contributed by atoms with Crippen molar-refractivity contribution in [3.8, 4) is 0 Å². The van der Waals surface area contributed by atoms with Crippen LogP contribution in [0.1, 0.15) is 12.5 Å². The zero-order chi connectivity index (χ0) is 9.97. The maximum atomic E-state index is 4.40. The fraction of sp³-hybridized carbons (Fsp3) is 0.364. The molecule has 0 aromatic carbocycles. The van der Waals surface area contributed by atoms with Crippen LogP contribution in [0.25, 0.3) is 11.0 Å². The molecule has 2 rings (SSSR count). The topological polar surface area (TPSA) is 17.8 Å². The molecule has 2 aromatic rings. The van der Waals surface area contributed by atoms with E-state index in [1.807, 2.05) is 6.20 Å². The van der Waals surface area contributed by atoms with Gasteiger partial charge in [0, 0.05) is 29.7 Å². The van der Waals surface area contributed by atoms with E-state index in [4.69, 9.17) is 0 Å². The van der Waals surface area contributed by atoms with Gasteiger partial charge in [-0.1, -0.05) is 15.9 Å². The minimum absolute atomic E-state index is 0.980. The SMILES string of the molecule is CCn1ccc2c(CCBr)ccnc21. The fourth-order valence-electron chi connectivity index (χ4n) is 1.72. The Hall–Kier alpha value is -0.830. The molecule has 2 aromatic heterocycles. The highest BCUT2D eigenvalue weighted by Gasteiger charge is 2.04. The van der Waals surface area contributed by atoms with E-state index in [0.29, 0.717) is 0 Å². The van der Waals surface area contributed by atoms with Crippen LogP contribution in [0.5, 0.6) is 0 Å². The van der Waals surface area contributed by atoms with Crippen molar-refractivity contribution >= 4 is 27.0 Å². The van der Waals surface area contributed by atoms with Gasteiger partial charge in [0.25, 0.3) is 0 Å². The molecule has 0 fully saturated rings. The molecule has 2 nitrogen and oxygen atoms in total. The molecule has 14 heavy (non-hydrogen) atoms. The number of alkyl halides is 1. The molecule has 0 aliphatic heterocycles. The van der Waals surface area contributed by atoms with Crippen molar-refractivity contribution < 1.29 is 0 Å². The summed E-state index contributed by atoms with van der Waals surface area (Å²) in [4.78, 5) is 4.40. The van der Waals surface area contributed by atoms with Gasteiger partial charge in [-0.3, -0.25) is 0 Å². The second-order valence-corrected chi connectivity index (χ2v) is 4.04. The van der Waals surface area contributed by atoms with E-state index in [2.05, 4.69) is 50.7 Å². The standard InChI is InChI=1S/C11H13BrN2/c1-2-14-8-5-10-9(3-6-12)4-7-13-11(10)14/h4-5,7-8H,2-3,6H2,1H3. The minimum atomic E-state index is 0.980. The highest BCUT2D eigenvalue weighted by atomic mass is 79.9. The quantitative estimate of drug-likeness (QED) is 0.769. The predicted octanol–water partition coefficient (Wildman–Crippen LogP) is 2.99. The Kier molecular flexibility index (Phi) is 2.87. The van der Waals surface area contributed by atoms with Crippen LogP contribution < -0.4 is 0 Å². The first-order chi connectivity index (χ1) is 6.86. The summed E-state index contributed by atoms with van der Waals surface area (Å²) in [6, 6.07) is 4.26. The summed E-state index contributed by atoms with van der Waals surface area (Å²) in [6.07, 6.45) is 5.06. The van der Waals surface area contributed by atoms with Crippen molar-refractivity contribution in [3.63, 3.8) is 0 Å². The van der Waals surface area contributed by atoms with E-state index in [9.17, 15) is 0 Å². The van der Waals surface area contributed by atoms with Gasteiger partial charge in [0.15, 0.2) is 0 Å². The lowest BCUT2D eigenvalue weighted by molar-refractivity contribution is 0.787. The molecule has 3 heteroatoms. The molecule has 2 heterocycles. The molecule has 0 N–H and O–H groups in total. The summed E-state index contributed by atoms with van der Waals surface area (Å²) in [5.74, 6) is 0. The average molecular weight is 253 g/mol. The van der Waals surface area contributed by atoms with Crippen molar-refractivity contribution in [2.24, 2.45) is 0 Å². The summed E-state index contributed by atoms with van der Waals surface area (Å²) >= 11 is 3.47. The lowest BCUT2D eigenvalue weighted by atomic mass is 10.1. The Morgan fingerprint density at radius 2 is 2.29 bits per heavy atom. The largest absolute Gasteiger partial charge is 0.333 e. The normalized spacial score (nSPS) is 11.0. The van der Waals surface area contributed by atoms with Crippen LogP contribution in [0.2, 0.25) is 0 Å². The molecule has 0 spiro atoms. The van der Waals surface area contributed by atoms with Crippen LogP contribution >= 0.6 is 15.9 Å². The maximum Gasteiger partial charge on any atom is 0.140 e. The number of hydrogen-bond donors (Lipinski definition) is 0. The van der Waals surface area contributed by atoms with Gasteiger partial charge < -0.3 is 4.57 Å². The number of halogens is 1. The average Bonchev–Trinajstić information content (AvgIpc) is 2.62. The van der Waals surface area contributed by atoms with Crippen LogP contribution in [0.3, 0.4) is 0 Å². The zero-order valence-electron chi connectivity index (χ0n) is 8.20. The maximum absolute atomic E-state index is 4.40. The Balaban J connectivity index is 2.58. The zero-order valence-corrected chi connectivity index (χ0v) is 9.79.